The summed E-state index contributed by atoms with van der Waals surface area (Å²) in [5, 5.41) is 11.3. The lowest BCUT2D eigenvalue weighted by atomic mass is 9.95. The van der Waals surface area contributed by atoms with Crippen LogP contribution in [0.15, 0.2) is 29.0 Å². The predicted octanol–water partition coefficient (Wildman–Crippen LogP) is 2.39. The molecule has 0 saturated carbocycles. The molecule has 4 heterocycles. The standard InChI is InChI=1S/C14H17N3OS/c1-3-11-13(7-9(1)16-11)15-8-10-2-4-14(19-10)12-5-6-18-17-12/h2,4-6,9,11,13,15-16H,1,3,7-8H2. The maximum Gasteiger partial charge on any atom is 0.124 e. The molecule has 2 fully saturated rings. The molecule has 3 unspecified atom stereocenters. The molecule has 0 spiro atoms. The second-order valence-electron chi connectivity index (χ2n) is 5.42. The van der Waals surface area contributed by atoms with Gasteiger partial charge < -0.3 is 15.2 Å². The summed E-state index contributed by atoms with van der Waals surface area (Å²) in [7, 11) is 0. The summed E-state index contributed by atoms with van der Waals surface area (Å²) in [4.78, 5) is 2.54. The van der Waals surface area contributed by atoms with E-state index in [2.05, 4.69) is 27.9 Å². The van der Waals surface area contributed by atoms with Crippen molar-refractivity contribution in [2.75, 3.05) is 0 Å². The molecular weight excluding hydrogens is 258 g/mol. The van der Waals surface area contributed by atoms with E-state index in [1.54, 1.807) is 17.6 Å². The van der Waals surface area contributed by atoms with Crippen molar-refractivity contribution in [1.29, 1.82) is 0 Å². The number of aromatic nitrogens is 1. The Hall–Kier alpha value is -1.17. The van der Waals surface area contributed by atoms with Crippen LogP contribution >= 0.6 is 11.3 Å². The Morgan fingerprint density at radius 1 is 1.37 bits per heavy atom. The summed E-state index contributed by atoms with van der Waals surface area (Å²) in [5.74, 6) is 0. The molecular formula is C14H17N3OS. The van der Waals surface area contributed by atoms with Gasteiger partial charge in [-0.2, -0.15) is 0 Å². The Balaban J connectivity index is 1.38. The highest BCUT2D eigenvalue weighted by molar-refractivity contribution is 7.15. The van der Waals surface area contributed by atoms with Crippen LogP contribution in [-0.4, -0.2) is 23.3 Å². The first-order chi connectivity index (χ1) is 9.38. The zero-order chi connectivity index (χ0) is 12.7. The SMILES string of the molecule is c1cc(-c2ccc(CNC3CC4CCC3N4)s2)no1. The number of nitrogens with zero attached hydrogens (tertiary/aromatic N) is 1. The monoisotopic (exact) mass is 275 g/mol. The fraction of sp³-hybridized carbons (Fsp3) is 0.500. The van der Waals surface area contributed by atoms with Crippen molar-refractivity contribution in [3.05, 3.63) is 29.3 Å². The normalized spacial score (nSPS) is 29.2. The van der Waals surface area contributed by atoms with E-state index in [9.17, 15) is 0 Å². The maximum atomic E-state index is 4.89. The molecule has 0 amide bonds. The Kier molecular flexibility index (Phi) is 2.90. The van der Waals surface area contributed by atoms with Crippen molar-refractivity contribution in [3.8, 4) is 10.6 Å². The van der Waals surface area contributed by atoms with Crippen molar-refractivity contribution < 1.29 is 4.52 Å². The van der Waals surface area contributed by atoms with E-state index >= 15 is 0 Å². The second-order valence-corrected chi connectivity index (χ2v) is 6.59. The van der Waals surface area contributed by atoms with Gasteiger partial charge in [0.25, 0.3) is 0 Å². The molecule has 2 bridgehead atoms. The lowest BCUT2D eigenvalue weighted by molar-refractivity contribution is 0.416. The van der Waals surface area contributed by atoms with Crippen LogP contribution in [0.4, 0.5) is 0 Å². The van der Waals surface area contributed by atoms with Crippen LogP contribution < -0.4 is 10.6 Å². The lowest BCUT2D eigenvalue weighted by Gasteiger charge is -2.21. The molecule has 2 N–H and O–H groups in total. The first kappa shape index (κ1) is 11.6. The highest BCUT2D eigenvalue weighted by Gasteiger charge is 2.38. The number of thiophene rings is 1. The molecule has 0 aliphatic carbocycles. The molecule has 100 valence electrons. The quantitative estimate of drug-likeness (QED) is 0.899. The minimum absolute atomic E-state index is 0.649. The van der Waals surface area contributed by atoms with Gasteiger partial charge in [-0.1, -0.05) is 5.16 Å². The molecule has 0 radical (unpaired) electrons. The Morgan fingerprint density at radius 3 is 3.11 bits per heavy atom. The predicted molar refractivity (Wildman–Crippen MR) is 75.0 cm³/mol. The Bertz CT molecular complexity index is 551. The molecule has 3 atom stereocenters. The minimum Gasteiger partial charge on any atom is -0.364 e. The lowest BCUT2D eigenvalue weighted by Crippen LogP contribution is -2.38. The maximum absolute atomic E-state index is 4.89. The zero-order valence-corrected chi connectivity index (χ0v) is 11.5. The van der Waals surface area contributed by atoms with E-state index in [0.717, 1.165) is 18.3 Å². The minimum atomic E-state index is 0.649. The van der Waals surface area contributed by atoms with Crippen LogP contribution in [0.25, 0.3) is 10.6 Å². The first-order valence-corrected chi connectivity index (χ1v) is 7.69. The number of fused-ring (bicyclic) bond motifs is 2. The van der Waals surface area contributed by atoms with Gasteiger partial charge in [0.15, 0.2) is 0 Å². The van der Waals surface area contributed by atoms with E-state index in [1.165, 1.54) is 29.0 Å². The third-order valence-electron chi connectivity index (χ3n) is 4.19. The third kappa shape index (κ3) is 2.22. The molecule has 19 heavy (non-hydrogen) atoms. The van der Waals surface area contributed by atoms with Crippen LogP contribution in [0.2, 0.25) is 0 Å². The smallest absolute Gasteiger partial charge is 0.124 e. The fourth-order valence-corrected chi connectivity index (χ4v) is 4.15. The summed E-state index contributed by atoms with van der Waals surface area (Å²) in [6.45, 7) is 0.956. The van der Waals surface area contributed by atoms with E-state index in [1.807, 2.05) is 6.07 Å². The van der Waals surface area contributed by atoms with Crippen LogP contribution in [0, 0.1) is 0 Å². The van der Waals surface area contributed by atoms with E-state index < -0.39 is 0 Å². The number of nitrogens with one attached hydrogen (secondary N) is 2. The van der Waals surface area contributed by atoms with Crippen LogP contribution in [0.3, 0.4) is 0 Å². The largest absolute Gasteiger partial charge is 0.364 e. The van der Waals surface area contributed by atoms with Crippen molar-refractivity contribution in [3.63, 3.8) is 0 Å². The van der Waals surface area contributed by atoms with E-state index in [0.29, 0.717) is 12.1 Å². The number of hydrogen-bond donors (Lipinski definition) is 2. The van der Waals surface area contributed by atoms with Gasteiger partial charge in [-0.3, -0.25) is 0 Å². The van der Waals surface area contributed by atoms with Crippen molar-refractivity contribution in [2.24, 2.45) is 0 Å². The number of hydrogen-bond acceptors (Lipinski definition) is 5. The molecule has 4 rings (SSSR count). The van der Waals surface area contributed by atoms with Gasteiger partial charge in [0.1, 0.15) is 12.0 Å². The first-order valence-electron chi connectivity index (χ1n) is 6.87. The zero-order valence-electron chi connectivity index (χ0n) is 10.6. The van der Waals surface area contributed by atoms with Crippen LogP contribution in [0.1, 0.15) is 24.1 Å². The summed E-state index contributed by atoms with van der Waals surface area (Å²) in [6, 6.07) is 8.32. The highest BCUT2D eigenvalue weighted by Crippen LogP contribution is 2.30. The fourth-order valence-electron chi connectivity index (χ4n) is 3.23. The van der Waals surface area contributed by atoms with Crippen LogP contribution in [-0.2, 0) is 6.54 Å². The third-order valence-corrected chi connectivity index (χ3v) is 5.30. The molecule has 2 aliphatic rings. The van der Waals surface area contributed by atoms with Crippen molar-refractivity contribution in [1.82, 2.24) is 15.8 Å². The topological polar surface area (TPSA) is 50.1 Å². The molecule has 2 saturated heterocycles. The Morgan fingerprint density at radius 2 is 2.37 bits per heavy atom. The molecule has 0 aromatic carbocycles. The second kappa shape index (κ2) is 4.74. The Labute approximate surface area is 116 Å². The average molecular weight is 275 g/mol. The molecule has 2 aliphatic heterocycles. The van der Waals surface area contributed by atoms with Crippen molar-refractivity contribution in [2.45, 2.75) is 43.9 Å². The van der Waals surface area contributed by atoms with Gasteiger partial charge in [0, 0.05) is 35.6 Å². The molecule has 4 nitrogen and oxygen atoms in total. The summed E-state index contributed by atoms with van der Waals surface area (Å²) >= 11 is 1.79. The summed E-state index contributed by atoms with van der Waals surface area (Å²) < 4.78 is 4.89. The van der Waals surface area contributed by atoms with Gasteiger partial charge in [0.05, 0.1) is 4.88 Å². The van der Waals surface area contributed by atoms with Crippen molar-refractivity contribution >= 4 is 11.3 Å². The average Bonchev–Trinajstić information content (AvgIpc) is 3.17. The van der Waals surface area contributed by atoms with Gasteiger partial charge in [0.2, 0.25) is 0 Å². The highest BCUT2D eigenvalue weighted by atomic mass is 32.1. The molecule has 2 aromatic heterocycles. The molecule has 2 aromatic rings. The van der Waals surface area contributed by atoms with Gasteiger partial charge in [-0.15, -0.1) is 11.3 Å². The summed E-state index contributed by atoms with van der Waals surface area (Å²) in [5.41, 5.74) is 0.929. The van der Waals surface area contributed by atoms with Gasteiger partial charge >= 0.3 is 0 Å². The number of rotatable bonds is 4. The van der Waals surface area contributed by atoms with Crippen LogP contribution in [0.5, 0.6) is 0 Å². The van der Waals surface area contributed by atoms with E-state index in [-0.39, 0.29) is 0 Å². The van der Waals surface area contributed by atoms with E-state index in [4.69, 9.17) is 4.52 Å². The van der Waals surface area contributed by atoms with Gasteiger partial charge in [-0.25, -0.2) is 0 Å². The van der Waals surface area contributed by atoms with Gasteiger partial charge in [-0.05, 0) is 31.4 Å². The molecule has 5 heteroatoms. The summed E-state index contributed by atoms with van der Waals surface area (Å²) in [6.07, 6.45) is 5.59.